The van der Waals surface area contributed by atoms with Gasteiger partial charge in [0.15, 0.2) is 6.10 Å². The van der Waals surface area contributed by atoms with Crippen LogP contribution in [0.1, 0.15) is 58.8 Å². The van der Waals surface area contributed by atoms with Crippen molar-refractivity contribution in [2.45, 2.75) is 89.3 Å². The topological polar surface area (TPSA) is 102 Å². The molecule has 1 fully saturated rings. The molecule has 8 atom stereocenters. The number of hydrogen-bond acceptors (Lipinski definition) is 7. The lowest BCUT2D eigenvalue weighted by Crippen LogP contribution is -2.44. The molecule has 3 aliphatic rings. The third kappa shape index (κ3) is 6.56. The third-order valence-electron chi connectivity index (χ3n) is 7.53. The second-order valence-corrected chi connectivity index (χ2v) is 10.3. The second-order valence-electron chi connectivity index (χ2n) is 10.3. The zero-order valence-corrected chi connectivity index (χ0v) is 21.1. The molecule has 7 heteroatoms. The molecule has 1 aliphatic heterocycles. The van der Waals surface area contributed by atoms with Crippen LogP contribution in [0.25, 0.3) is 0 Å². The average molecular weight is 499 g/mol. The molecule has 1 unspecified atom stereocenters. The Labute approximate surface area is 213 Å². The van der Waals surface area contributed by atoms with Gasteiger partial charge >= 0.3 is 11.9 Å². The minimum Gasteiger partial charge on any atom is -0.479 e. The molecule has 2 N–H and O–H groups in total. The van der Waals surface area contributed by atoms with Crippen molar-refractivity contribution in [1.82, 2.24) is 0 Å². The summed E-state index contributed by atoms with van der Waals surface area (Å²) in [6.45, 7) is 4.14. The normalized spacial score (nSPS) is 32.6. The first kappa shape index (κ1) is 26.4. The van der Waals surface area contributed by atoms with Crippen LogP contribution in [-0.2, 0) is 19.1 Å². The van der Waals surface area contributed by atoms with Crippen molar-refractivity contribution in [3.63, 3.8) is 0 Å². The molecule has 1 saturated heterocycles. The maximum Gasteiger partial charge on any atom is 0.347 e. The maximum absolute atomic E-state index is 13.3. The molecule has 0 saturated carbocycles. The minimum atomic E-state index is -0.720. The predicted octanol–water partition coefficient (Wildman–Crippen LogP) is 4.12. The molecule has 1 aromatic carbocycles. The summed E-state index contributed by atoms with van der Waals surface area (Å²) in [5, 5.41) is 20.5. The molecular weight excluding hydrogens is 460 g/mol. The molecule has 1 heterocycles. The van der Waals surface area contributed by atoms with Crippen LogP contribution in [0.2, 0.25) is 0 Å². The molecule has 2 aliphatic carbocycles. The van der Waals surface area contributed by atoms with Crippen LogP contribution in [0.3, 0.4) is 0 Å². The molecule has 36 heavy (non-hydrogen) atoms. The molecule has 4 rings (SSSR count). The zero-order chi connectivity index (χ0) is 25.7. The summed E-state index contributed by atoms with van der Waals surface area (Å²) in [4.78, 5) is 25.1. The van der Waals surface area contributed by atoms with Crippen LogP contribution in [0.4, 0.5) is 0 Å². The summed E-state index contributed by atoms with van der Waals surface area (Å²) >= 11 is 0. The van der Waals surface area contributed by atoms with Gasteiger partial charge in [-0.25, -0.2) is 4.79 Å². The van der Waals surface area contributed by atoms with E-state index in [4.69, 9.17) is 14.2 Å². The van der Waals surface area contributed by atoms with Gasteiger partial charge in [0.05, 0.1) is 18.6 Å². The van der Waals surface area contributed by atoms with E-state index in [1.807, 2.05) is 49.4 Å². The number of para-hydroxylation sites is 1. The van der Waals surface area contributed by atoms with E-state index in [0.29, 0.717) is 31.4 Å². The molecule has 196 valence electrons. The lowest BCUT2D eigenvalue weighted by molar-refractivity contribution is -0.165. The van der Waals surface area contributed by atoms with Gasteiger partial charge < -0.3 is 24.4 Å². The number of ether oxygens (including phenoxy) is 3. The van der Waals surface area contributed by atoms with Crippen LogP contribution in [0.15, 0.2) is 54.1 Å². The number of allylic oxidation sites excluding steroid dienone is 2. The number of carbonyl (C=O) groups excluding carboxylic acids is 2. The first-order chi connectivity index (χ1) is 17.3. The fourth-order valence-corrected chi connectivity index (χ4v) is 5.78. The average Bonchev–Trinajstić information content (AvgIpc) is 2.83. The van der Waals surface area contributed by atoms with E-state index in [1.54, 1.807) is 0 Å². The van der Waals surface area contributed by atoms with Crippen LogP contribution in [-0.4, -0.2) is 52.7 Å². The number of aliphatic hydroxyl groups is 2. The number of carbonyl (C=O) groups is 2. The van der Waals surface area contributed by atoms with Crippen molar-refractivity contribution >= 4 is 11.9 Å². The third-order valence-corrected chi connectivity index (χ3v) is 7.53. The summed E-state index contributed by atoms with van der Waals surface area (Å²) in [5.41, 5.74) is 0.978. The highest BCUT2D eigenvalue weighted by molar-refractivity contribution is 5.75. The number of fused-ring (bicyclic) bond motifs is 1. The maximum atomic E-state index is 13.3. The number of aliphatic hydroxyl groups excluding tert-OH is 2. The number of rotatable bonds is 9. The van der Waals surface area contributed by atoms with E-state index in [2.05, 4.69) is 13.0 Å². The van der Waals surface area contributed by atoms with E-state index in [1.165, 1.54) is 0 Å². The molecule has 0 spiro atoms. The number of hydrogen-bond donors (Lipinski definition) is 2. The standard InChI is InChI=1S/C29H38O7/c1-3-7-25(34-22-8-5-4-6-9-22)29(33)36-26-16-20(30)14-19-11-10-18(2)24(28(19)26)13-12-23-15-21(31)17-27(32)35-23/h4-6,8-11,14,18,20-21,23-26,28,30-31H,3,7,12-13,15-17H2,1-2H3/t18-,20+,21+,23+,24-,25?,26-,28-/m0/s1. The number of esters is 2. The minimum absolute atomic E-state index is 0.0501. The highest BCUT2D eigenvalue weighted by atomic mass is 16.6. The van der Waals surface area contributed by atoms with Crippen LogP contribution in [0, 0.1) is 17.8 Å². The van der Waals surface area contributed by atoms with Crippen LogP contribution < -0.4 is 4.74 Å². The lowest BCUT2D eigenvalue weighted by atomic mass is 9.66. The van der Waals surface area contributed by atoms with Gasteiger partial charge in [0.2, 0.25) is 0 Å². The Morgan fingerprint density at radius 3 is 2.67 bits per heavy atom. The molecule has 7 nitrogen and oxygen atoms in total. The summed E-state index contributed by atoms with van der Waals surface area (Å²) in [7, 11) is 0. The summed E-state index contributed by atoms with van der Waals surface area (Å²) < 4.78 is 17.5. The monoisotopic (exact) mass is 498 g/mol. The largest absolute Gasteiger partial charge is 0.479 e. The van der Waals surface area contributed by atoms with Gasteiger partial charge in [0.1, 0.15) is 18.0 Å². The van der Waals surface area contributed by atoms with E-state index in [9.17, 15) is 19.8 Å². The van der Waals surface area contributed by atoms with E-state index < -0.39 is 30.4 Å². The van der Waals surface area contributed by atoms with Crippen molar-refractivity contribution in [2.75, 3.05) is 0 Å². The van der Waals surface area contributed by atoms with Gasteiger partial charge in [-0.3, -0.25) is 4.79 Å². The number of benzene rings is 1. The van der Waals surface area contributed by atoms with Crippen molar-refractivity contribution < 1.29 is 34.0 Å². The van der Waals surface area contributed by atoms with Crippen LogP contribution >= 0.6 is 0 Å². The summed E-state index contributed by atoms with van der Waals surface area (Å²) in [6, 6.07) is 9.26. The predicted molar refractivity (Wildman–Crippen MR) is 134 cm³/mol. The molecule has 1 aromatic rings. The first-order valence-electron chi connectivity index (χ1n) is 13.2. The molecule has 0 aromatic heterocycles. The van der Waals surface area contributed by atoms with E-state index in [-0.39, 0.29) is 36.2 Å². The van der Waals surface area contributed by atoms with Crippen molar-refractivity contribution in [3.8, 4) is 5.75 Å². The van der Waals surface area contributed by atoms with E-state index >= 15 is 0 Å². The Hall–Kier alpha value is -2.64. The Morgan fingerprint density at radius 2 is 1.94 bits per heavy atom. The highest BCUT2D eigenvalue weighted by Gasteiger charge is 2.43. The second kappa shape index (κ2) is 12.1. The Balaban J connectivity index is 1.48. The van der Waals surface area contributed by atoms with Gasteiger partial charge in [0, 0.05) is 18.8 Å². The SMILES string of the molecule is CCCC(Oc1ccccc1)C(=O)O[C@H]1C[C@H](O)C=C2C=C[C@H](C)[C@H](CC[C@@H]3C[C@@H](O)CC(=O)O3)[C@H]21. The Bertz CT molecular complexity index is 956. The summed E-state index contributed by atoms with van der Waals surface area (Å²) in [6.07, 6.45) is 6.67. The quantitative estimate of drug-likeness (QED) is 0.494. The number of cyclic esters (lactones) is 1. The fraction of sp³-hybridized carbons (Fsp3) is 0.586. The van der Waals surface area contributed by atoms with Gasteiger partial charge in [-0.05, 0) is 48.8 Å². The van der Waals surface area contributed by atoms with E-state index in [0.717, 1.165) is 18.4 Å². The fourth-order valence-electron chi connectivity index (χ4n) is 5.78. The van der Waals surface area contributed by atoms with Crippen LogP contribution in [0.5, 0.6) is 5.75 Å². The molecule has 0 amide bonds. The molecule has 0 radical (unpaired) electrons. The first-order valence-corrected chi connectivity index (χ1v) is 13.2. The van der Waals surface area contributed by atoms with Crippen molar-refractivity contribution in [2.24, 2.45) is 17.8 Å². The Kier molecular flexibility index (Phi) is 8.86. The smallest absolute Gasteiger partial charge is 0.347 e. The van der Waals surface area contributed by atoms with Gasteiger partial charge in [0.25, 0.3) is 0 Å². The Morgan fingerprint density at radius 1 is 1.17 bits per heavy atom. The highest BCUT2D eigenvalue weighted by Crippen LogP contribution is 2.44. The van der Waals surface area contributed by atoms with Crippen molar-refractivity contribution in [3.05, 3.63) is 54.1 Å². The summed E-state index contributed by atoms with van der Waals surface area (Å²) in [5.74, 6) is 0.145. The van der Waals surface area contributed by atoms with Crippen molar-refractivity contribution in [1.29, 1.82) is 0 Å². The lowest BCUT2D eigenvalue weighted by Gasteiger charge is -2.43. The molecule has 0 bridgehead atoms. The van der Waals surface area contributed by atoms with Gasteiger partial charge in [-0.2, -0.15) is 0 Å². The molecular formula is C29H38O7. The van der Waals surface area contributed by atoms with Gasteiger partial charge in [-0.15, -0.1) is 0 Å². The van der Waals surface area contributed by atoms with Gasteiger partial charge in [-0.1, -0.05) is 56.7 Å². The zero-order valence-electron chi connectivity index (χ0n) is 21.1.